The Kier molecular flexibility index (Phi) is 4.13. The van der Waals surface area contributed by atoms with Gasteiger partial charge in [0.15, 0.2) is 5.82 Å². The van der Waals surface area contributed by atoms with E-state index in [0.29, 0.717) is 12.0 Å². The molecule has 19 heavy (non-hydrogen) atoms. The third-order valence-corrected chi connectivity index (χ3v) is 4.47. The fourth-order valence-electron chi connectivity index (χ4n) is 3.15. The van der Waals surface area contributed by atoms with E-state index in [1.165, 1.54) is 38.9 Å². The van der Waals surface area contributed by atoms with Crippen LogP contribution in [0.4, 0.5) is 0 Å². The largest absolute Gasteiger partial charge is 0.339 e. The van der Waals surface area contributed by atoms with E-state index in [2.05, 4.69) is 27.3 Å². The second-order valence-corrected chi connectivity index (χ2v) is 5.78. The summed E-state index contributed by atoms with van der Waals surface area (Å²) in [5.41, 5.74) is 0. The third kappa shape index (κ3) is 3.15. The Bertz CT molecular complexity index is 392. The number of nitrogens with one attached hydrogen (secondary N) is 1. The molecule has 0 saturated carbocycles. The Balaban J connectivity index is 1.52. The van der Waals surface area contributed by atoms with Crippen molar-refractivity contribution >= 4 is 0 Å². The zero-order chi connectivity index (χ0) is 13.1. The van der Waals surface area contributed by atoms with Gasteiger partial charge in [0.2, 0.25) is 5.89 Å². The molecule has 5 heteroatoms. The van der Waals surface area contributed by atoms with Crippen molar-refractivity contribution in [3.8, 4) is 0 Å². The van der Waals surface area contributed by atoms with Crippen LogP contribution in [0.15, 0.2) is 4.52 Å². The normalized spacial score (nSPS) is 26.1. The molecule has 5 nitrogen and oxygen atoms in total. The summed E-state index contributed by atoms with van der Waals surface area (Å²) in [6.07, 6.45) is 5.82. The highest BCUT2D eigenvalue weighted by molar-refractivity contribution is 4.97. The van der Waals surface area contributed by atoms with E-state index in [0.717, 1.165) is 31.1 Å². The molecule has 2 saturated heterocycles. The van der Waals surface area contributed by atoms with Gasteiger partial charge in [0.05, 0.1) is 6.04 Å². The minimum atomic E-state index is 0.319. The smallest absolute Gasteiger partial charge is 0.226 e. The lowest BCUT2D eigenvalue weighted by atomic mass is 9.93. The van der Waals surface area contributed by atoms with Crippen molar-refractivity contribution in [2.45, 2.75) is 45.1 Å². The van der Waals surface area contributed by atoms with Crippen LogP contribution < -0.4 is 5.32 Å². The summed E-state index contributed by atoms with van der Waals surface area (Å²) in [6.45, 7) is 6.91. The summed E-state index contributed by atoms with van der Waals surface area (Å²) < 4.78 is 5.42. The molecule has 1 aromatic heterocycles. The number of hydrogen-bond donors (Lipinski definition) is 1. The second-order valence-electron chi connectivity index (χ2n) is 5.78. The Labute approximate surface area is 114 Å². The van der Waals surface area contributed by atoms with Gasteiger partial charge < -0.3 is 14.7 Å². The molecule has 0 amide bonds. The quantitative estimate of drug-likeness (QED) is 0.898. The van der Waals surface area contributed by atoms with E-state index in [1.54, 1.807) is 0 Å². The van der Waals surface area contributed by atoms with Crippen LogP contribution >= 0.6 is 0 Å². The summed E-state index contributed by atoms with van der Waals surface area (Å²) in [4.78, 5) is 7.08. The van der Waals surface area contributed by atoms with Crippen LogP contribution in [0.25, 0.3) is 0 Å². The van der Waals surface area contributed by atoms with Crippen molar-refractivity contribution in [3.63, 3.8) is 0 Å². The number of nitrogens with zero attached hydrogens (tertiary/aromatic N) is 3. The van der Waals surface area contributed by atoms with Crippen LogP contribution in [0, 0.1) is 5.92 Å². The number of rotatable bonds is 4. The van der Waals surface area contributed by atoms with E-state index < -0.39 is 0 Å². The maximum absolute atomic E-state index is 5.42. The van der Waals surface area contributed by atoms with Gasteiger partial charge in [-0.2, -0.15) is 4.98 Å². The highest BCUT2D eigenvalue weighted by Gasteiger charge is 2.24. The average molecular weight is 264 g/mol. The van der Waals surface area contributed by atoms with E-state index in [-0.39, 0.29) is 0 Å². The van der Waals surface area contributed by atoms with E-state index >= 15 is 0 Å². The predicted molar refractivity (Wildman–Crippen MR) is 72.8 cm³/mol. The Morgan fingerprint density at radius 1 is 1.32 bits per heavy atom. The van der Waals surface area contributed by atoms with Crippen molar-refractivity contribution in [1.29, 1.82) is 0 Å². The minimum absolute atomic E-state index is 0.319. The van der Waals surface area contributed by atoms with Gasteiger partial charge >= 0.3 is 0 Å². The van der Waals surface area contributed by atoms with E-state index in [1.807, 2.05) is 0 Å². The molecule has 2 fully saturated rings. The fraction of sp³-hybridized carbons (Fsp3) is 0.857. The first kappa shape index (κ1) is 13.1. The number of piperidine rings is 1. The maximum Gasteiger partial charge on any atom is 0.226 e. The molecule has 1 unspecified atom stereocenters. The molecule has 0 bridgehead atoms. The van der Waals surface area contributed by atoms with Crippen LogP contribution in [0.1, 0.15) is 50.4 Å². The molecule has 1 aromatic rings. The second kappa shape index (κ2) is 6.01. The molecule has 0 radical (unpaired) electrons. The first-order valence-corrected chi connectivity index (χ1v) is 7.63. The zero-order valence-corrected chi connectivity index (χ0v) is 11.8. The van der Waals surface area contributed by atoms with Gasteiger partial charge in [0.1, 0.15) is 0 Å². The first-order valence-electron chi connectivity index (χ1n) is 7.63. The molecule has 1 atom stereocenters. The van der Waals surface area contributed by atoms with Crippen LogP contribution in [0.2, 0.25) is 0 Å². The Hall–Kier alpha value is -0.940. The van der Waals surface area contributed by atoms with E-state index in [4.69, 9.17) is 4.52 Å². The molecule has 2 aliphatic rings. The zero-order valence-electron chi connectivity index (χ0n) is 11.8. The van der Waals surface area contributed by atoms with Crippen molar-refractivity contribution in [3.05, 3.63) is 11.7 Å². The van der Waals surface area contributed by atoms with Crippen LogP contribution in [0.5, 0.6) is 0 Å². The standard InChI is InChI=1S/C14H24N4O/c1-2-18-8-5-11(6-9-18)10-13-16-14(17-19-13)12-4-3-7-15-12/h11-12,15H,2-10H2,1H3. The van der Waals surface area contributed by atoms with Crippen LogP contribution in [-0.2, 0) is 6.42 Å². The lowest BCUT2D eigenvalue weighted by Gasteiger charge is -2.30. The predicted octanol–water partition coefficient (Wildman–Crippen LogP) is 1.77. The molecule has 3 rings (SSSR count). The summed E-state index contributed by atoms with van der Waals surface area (Å²) in [7, 11) is 0. The fourth-order valence-corrected chi connectivity index (χ4v) is 3.15. The number of likely N-dealkylation sites (tertiary alicyclic amines) is 1. The third-order valence-electron chi connectivity index (χ3n) is 4.47. The van der Waals surface area contributed by atoms with Gasteiger partial charge in [0.25, 0.3) is 0 Å². The Morgan fingerprint density at radius 2 is 2.16 bits per heavy atom. The lowest BCUT2D eigenvalue weighted by molar-refractivity contribution is 0.185. The average Bonchev–Trinajstić information content (AvgIpc) is 3.10. The molecule has 3 heterocycles. The van der Waals surface area contributed by atoms with Gasteiger partial charge in [-0.05, 0) is 57.8 Å². The number of aromatic nitrogens is 2. The summed E-state index contributed by atoms with van der Waals surface area (Å²) in [6, 6.07) is 0.319. The van der Waals surface area contributed by atoms with E-state index in [9.17, 15) is 0 Å². The minimum Gasteiger partial charge on any atom is -0.339 e. The maximum atomic E-state index is 5.42. The topological polar surface area (TPSA) is 54.2 Å². The van der Waals surface area contributed by atoms with Crippen molar-refractivity contribution < 1.29 is 4.52 Å². The van der Waals surface area contributed by atoms with Crippen LogP contribution in [0.3, 0.4) is 0 Å². The highest BCUT2D eigenvalue weighted by atomic mass is 16.5. The SMILES string of the molecule is CCN1CCC(Cc2nc(C3CCCN3)no2)CC1. The molecule has 0 aliphatic carbocycles. The highest BCUT2D eigenvalue weighted by Crippen LogP contribution is 2.23. The number of hydrogen-bond acceptors (Lipinski definition) is 5. The first-order chi connectivity index (χ1) is 9.35. The monoisotopic (exact) mass is 264 g/mol. The molecular weight excluding hydrogens is 240 g/mol. The van der Waals surface area contributed by atoms with Crippen molar-refractivity contribution in [2.24, 2.45) is 5.92 Å². The molecule has 1 N–H and O–H groups in total. The van der Waals surface area contributed by atoms with Gasteiger partial charge in [-0.3, -0.25) is 0 Å². The van der Waals surface area contributed by atoms with Gasteiger partial charge in [0, 0.05) is 6.42 Å². The van der Waals surface area contributed by atoms with Gasteiger partial charge in [-0.15, -0.1) is 0 Å². The molecule has 106 valence electrons. The lowest BCUT2D eigenvalue weighted by Crippen LogP contribution is -2.34. The van der Waals surface area contributed by atoms with Crippen LogP contribution in [-0.4, -0.2) is 41.2 Å². The molecule has 2 aliphatic heterocycles. The van der Waals surface area contributed by atoms with Gasteiger partial charge in [-0.25, -0.2) is 0 Å². The summed E-state index contributed by atoms with van der Waals surface area (Å²) in [5.74, 6) is 2.41. The molecule has 0 spiro atoms. The van der Waals surface area contributed by atoms with Crippen molar-refractivity contribution in [2.75, 3.05) is 26.2 Å². The van der Waals surface area contributed by atoms with Crippen molar-refractivity contribution in [1.82, 2.24) is 20.4 Å². The summed E-state index contributed by atoms with van der Waals surface area (Å²) in [5, 5.41) is 7.55. The summed E-state index contributed by atoms with van der Waals surface area (Å²) >= 11 is 0. The Morgan fingerprint density at radius 3 is 2.84 bits per heavy atom. The molecule has 0 aromatic carbocycles. The molecular formula is C14H24N4O. The van der Waals surface area contributed by atoms with Gasteiger partial charge in [-0.1, -0.05) is 12.1 Å².